The van der Waals surface area contributed by atoms with Gasteiger partial charge in [0.2, 0.25) is 0 Å². The van der Waals surface area contributed by atoms with E-state index in [9.17, 15) is 0 Å². The van der Waals surface area contributed by atoms with Gasteiger partial charge in [-0.3, -0.25) is 0 Å². The lowest BCUT2D eigenvalue weighted by Gasteiger charge is -2.42. The van der Waals surface area contributed by atoms with E-state index in [-0.39, 0.29) is 0 Å². The van der Waals surface area contributed by atoms with Crippen LogP contribution in [0.1, 0.15) is 66.2 Å². The SMILES string of the molecule is C=C(C)C1CCC(C)CC1OC1CC(C)CCC1C(=C)C. The highest BCUT2D eigenvalue weighted by Gasteiger charge is 2.36. The molecular formula is C20H34O. The van der Waals surface area contributed by atoms with Gasteiger partial charge in [-0.2, -0.15) is 0 Å². The second-order valence-electron chi connectivity index (χ2n) is 7.96. The second-order valence-corrected chi connectivity index (χ2v) is 7.96. The predicted octanol–water partition coefficient (Wildman–Crippen LogP) is 5.76. The molecule has 0 radical (unpaired) electrons. The molecule has 0 saturated heterocycles. The third-order valence-corrected chi connectivity index (χ3v) is 5.72. The zero-order chi connectivity index (χ0) is 15.6. The Kier molecular flexibility index (Phi) is 5.71. The Labute approximate surface area is 131 Å². The molecule has 0 aromatic heterocycles. The van der Waals surface area contributed by atoms with E-state index in [0.717, 1.165) is 11.8 Å². The van der Waals surface area contributed by atoms with Gasteiger partial charge in [-0.05, 0) is 64.2 Å². The van der Waals surface area contributed by atoms with Crippen molar-refractivity contribution in [3.8, 4) is 0 Å². The maximum absolute atomic E-state index is 6.70. The molecule has 0 spiro atoms. The molecule has 120 valence electrons. The first-order valence-electron chi connectivity index (χ1n) is 8.84. The van der Waals surface area contributed by atoms with Crippen LogP contribution < -0.4 is 0 Å². The molecule has 0 bridgehead atoms. The van der Waals surface area contributed by atoms with Gasteiger partial charge in [-0.25, -0.2) is 0 Å². The number of rotatable bonds is 4. The molecule has 0 heterocycles. The van der Waals surface area contributed by atoms with Gasteiger partial charge in [0.15, 0.2) is 0 Å². The molecule has 2 rings (SSSR count). The fourth-order valence-corrected chi connectivity index (χ4v) is 4.31. The molecule has 2 fully saturated rings. The fourth-order valence-electron chi connectivity index (χ4n) is 4.31. The minimum absolute atomic E-state index is 0.378. The van der Waals surface area contributed by atoms with Crippen LogP contribution in [0.3, 0.4) is 0 Å². The number of hydrogen-bond donors (Lipinski definition) is 0. The van der Waals surface area contributed by atoms with Crippen molar-refractivity contribution < 1.29 is 4.74 Å². The standard InChI is InChI=1S/C20H34O/c1-13(2)17-9-7-15(5)11-19(17)21-20-12-16(6)8-10-18(20)14(3)4/h15-20H,1,3,7-12H2,2,4-6H3. The molecule has 0 aromatic rings. The van der Waals surface area contributed by atoms with E-state index in [1.165, 1.54) is 49.7 Å². The van der Waals surface area contributed by atoms with Gasteiger partial charge in [0.1, 0.15) is 0 Å². The Balaban J connectivity index is 2.07. The molecule has 2 saturated carbocycles. The van der Waals surface area contributed by atoms with Gasteiger partial charge in [0.25, 0.3) is 0 Å². The molecule has 21 heavy (non-hydrogen) atoms. The summed E-state index contributed by atoms with van der Waals surface area (Å²) in [6, 6.07) is 0. The molecule has 0 aromatic carbocycles. The molecule has 2 aliphatic rings. The van der Waals surface area contributed by atoms with Crippen molar-refractivity contribution in [1.29, 1.82) is 0 Å². The lowest BCUT2D eigenvalue weighted by Crippen LogP contribution is -2.40. The van der Waals surface area contributed by atoms with Gasteiger partial charge in [-0.1, -0.05) is 38.2 Å². The smallest absolute Gasteiger partial charge is 0.0646 e. The Bertz CT molecular complexity index is 347. The van der Waals surface area contributed by atoms with Crippen LogP contribution in [0.4, 0.5) is 0 Å². The van der Waals surface area contributed by atoms with Crippen molar-refractivity contribution in [2.75, 3.05) is 0 Å². The van der Waals surface area contributed by atoms with Crippen molar-refractivity contribution in [2.45, 2.75) is 78.4 Å². The van der Waals surface area contributed by atoms with Gasteiger partial charge in [0.05, 0.1) is 12.2 Å². The summed E-state index contributed by atoms with van der Waals surface area (Å²) in [5.41, 5.74) is 2.62. The Morgan fingerprint density at radius 3 is 1.48 bits per heavy atom. The number of ether oxygens (including phenoxy) is 1. The van der Waals surface area contributed by atoms with Crippen LogP contribution in [-0.2, 0) is 4.74 Å². The average molecular weight is 290 g/mol. The predicted molar refractivity (Wildman–Crippen MR) is 91.3 cm³/mol. The minimum Gasteiger partial charge on any atom is -0.374 e. The highest BCUT2D eigenvalue weighted by Crippen LogP contribution is 2.40. The first kappa shape index (κ1) is 16.8. The topological polar surface area (TPSA) is 9.23 Å². The zero-order valence-electron chi connectivity index (χ0n) is 14.5. The van der Waals surface area contributed by atoms with Gasteiger partial charge in [-0.15, -0.1) is 0 Å². The van der Waals surface area contributed by atoms with Crippen molar-refractivity contribution >= 4 is 0 Å². The first-order chi connectivity index (χ1) is 9.88. The molecular weight excluding hydrogens is 256 g/mol. The lowest BCUT2D eigenvalue weighted by molar-refractivity contribution is -0.0956. The zero-order valence-corrected chi connectivity index (χ0v) is 14.5. The van der Waals surface area contributed by atoms with Crippen LogP contribution in [0.5, 0.6) is 0 Å². The highest BCUT2D eigenvalue weighted by molar-refractivity contribution is 5.05. The second kappa shape index (κ2) is 7.13. The molecule has 0 N–H and O–H groups in total. The quantitative estimate of drug-likeness (QED) is 0.598. The molecule has 1 heteroatoms. The maximum Gasteiger partial charge on any atom is 0.0646 e. The maximum atomic E-state index is 6.70. The average Bonchev–Trinajstić information content (AvgIpc) is 2.38. The van der Waals surface area contributed by atoms with Crippen molar-refractivity contribution in [3.63, 3.8) is 0 Å². The molecule has 0 amide bonds. The van der Waals surface area contributed by atoms with Gasteiger partial charge < -0.3 is 4.74 Å². The van der Waals surface area contributed by atoms with E-state index >= 15 is 0 Å². The van der Waals surface area contributed by atoms with Crippen LogP contribution in [0.25, 0.3) is 0 Å². The van der Waals surface area contributed by atoms with E-state index in [1.807, 2.05) is 0 Å². The third-order valence-electron chi connectivity index (χ3n) is 5.72. The lowest BCUT2D eigenvalue weighted by atomic mass is 9.75. The summed E-state index contributed by atoms with van der Waals surface area (Å²) in [6.07, 6.45) is 8.30. The summed E-state index contributed by atoms with van der Waals surface area (Å²) in [4.78, 5) is 0. The first-order valence-corrected chi connectivity index (χ1v) is 8.84. The van der Waals surface area contributed by atoms with Crippen LogP contribution in [-0.4, -0.2) is 12.2 Å². The van der Waals surface area contributed by atoms with Crippen molar-refractivity contribution in [2.24, 2.45) is 23.7 Å². The van der Waals surface area contributed by atoms with Gasteiger partial charge >= 0.3 is 0 Å². The summed E-state index contributed by atoms with van der Waals surface area (Å²) in [5, 5.41) is 0. The number of hydrogen-bond acceptors (Lipinski definition) is 1. The summed E-state index contributed by atoms with van der Waals surface area (Å²) >= 11 is 0. The van der Waals surface area contributed by atoms with Crippen LogP contribution >= 0.6 is 0 Å². The fraction of sp³-hybridized carbons (Fsp3) is 0.800. The largest absolute Gasteiger partial charge is 0.374 e. The van der Waals surface area contributed by atoms with E-state index < -0.39 is 0 Å². The molecule has 2 aliphatic carbocycles. The van der Waals surface area contributed by atoms with Crippen molar-refractivity contribution in [3.05, 3.63) is 24.3 Å². The monoisotopic (exact) mass is 290 g/mol. The molecule has 0 aliphatic heterocycles. The minimum atomic E-state index is 0.378. The molecule has 6 unspecified atom stereocenters. The van der Waals surface area contributed by atoms with E-state index in [2.05, 4.69) is 40.9 Å². The van der Waals surface area contributed by atoms with Crippen LogP contribution in [0.2, 0.25) is 0 Å². The third kappa shape index (κ3) is 4.22. The summed E-state index contributed by atoms with van der Waals surface area (Å²) < 4.78 is 6.70. The van der Waals surface area contributed by atoms with Crippen LogP contribution in [0, 0.1) is 23.7 Å². The van der Waals surface area contributed by atoms with E-state index in [1.54, 1.807) is 0 Å². The van der Waals surface area contributed by atoms with Crippen molar-refractivity contribution in [1.82, 2.24) is 0 Å². The Morgan fingerprint density at radius 1 is 0.762 bits per heavy atom. The summed E-state index contributed by atoms with van der Waals surface area (Å²) in [7, 11) is 0. The highest BCUT2D eigenvalue weighted by atomic mass is 16.5. The summed E-state index contributed by atoms with van der Waals surface area (Å²) in [5.74, 6) is 2.69. The van der Waals surface area contributed by atoms with Gasteiger partial charge in [0, 0.05) is 11.8 Å². The Morgan fingerprint density at radius 2 is 1.14 bits per heavy atom. The van der Waals surface area contributed by atoms with E-state index in [0.29, 0.717) is 24.0 Å². The normalized spacial score (nSPS) is 40.8. The molecule has 6 atom stereocenters. The summed E-state index contributed by atoms with van der Waals surface area (Å²) in [6.45, 7) is 17.5. The van der Waals surface area contributed by atoms with E-state index in [4.69, 9.17) is 4.74 Å². The molecule has 1 nitrogen and oxygen atoms in total. The Hall–Kier alpha value is -0.560. The van der Waals surface area contributed by atoms with Crippen LogP contribution in [0.15, 0.2) is 24.3 Å².